The molecule has 0 aliphatic heterocycles. The highest BCUT2D eigenvalue weighted by Gasteiger charge is 2.40. The first-order chi connectivity index (χ1) is 8.10. The molecule has 0 heterocycles. The van der Waals surface area contributed by atoms with Crippen molar-refractivity contribution in [1.82, 2.24) is 0 Å². The number of ether oxygens (including phenoxy) is 1. The molecule has 1 aliphatic carbocycles. The fourth-order valence-electron chi connectivity index (χ4n) is 2.10. The first-order valence-corrected chi connectivity index (χ1v) is 5.71. The molecule has 0 N–H and O–H groups in total. The minimum absolute atomic E-state index is 0.0876. The molecule has 1 aliphatic rings. The van der Waals surface area contributed by atoms with Crippen LogP contribution in [0.2, 0.25) is 0 Å². The third kappa shape index (κ3) is 3.02. The summed E-state index contributed by atoms with van der Waals surface area (Å²) in [6.45, 7) is 2.12. The summed E-state index contributed by atoms with van der Waals surface area (Å²) in [4.78, 5) is 11.2. The van der Waals surface area contributed by atoms with Crippen LogP contribution >= 0.6 is 0 Å². The maximum atomic E-state index is 13.0. The molecule has 1 aromatic carbocycles. The lowest BCUT2D eigenvalue weighted by Crippen LogP contribution is -2.05. The number of hydrogen-bond acceptors (Lipinski definition) is 2. The smallest absolute Gasteiger partial charge is 0.306 e. The van der Waals surface area contributed by atoms with Crippen LogP contribution in [0.4, 0.5) is 8.78 Å². The van der Waals surface area contributed by atoms with Gasteiger partial charge in [-0.3, -0.25) is 4.79 Å². The van der Waals surface area contributed by atoms with Crippen LogP contribution in [0.25, 0.3) is 0 Å². The lowest BCUT2D eigenvalue weighted by molar-refractivity contribution is -0.143. The van der Waals surface area contributed by atoms with Gasteiger partial charge in [-0.2, -0.15) is 0 Å². The van der Waals surface area contributed by atoms with Crippen LogP contribution in [0.3, 0.4) is 0 Å². The Hall–Kier alpha value is -1.45. The van der Waals surface area contributed by atoms with Crippen LogP contribution in [-0.4, -0.2) is 12.6 Å². The Kier molecular flexibility index (Phi) is 3.41. The van der Waals surface area contributed by atoms with Crippen LogP contribution in [0.1, 0.15) is 31.2 Å². The summed E-state index contributed by atoms with van der Waals surface area (Å²) in [6, 6.07) is 3.52. The average molecular weight is 240 g/mol. The topological polar surface area (TPSA) is 26.3 Å². The molecule has 0 spiro atoms. The second-order valence-corrected chi connectivity index (χ2v) is 4.31. The molecule has 92 valence electrons. The lowest BCUT2D eigenvalue weighted by atomic mass is 10.1. The van der Waals surface area contributed by atoms with Crippen molar-refractivity contribution in [1.29, 1.82) is 0 Å². The van der Waals surface area contributed by atoms with Gasteiger partial charge >= 0.3 is 5.97 Å². The first kappa shape index (κ1) is 12.0. The summed E-state index contributed by atoms with van der Waals surface area (Å²) in [7, 11) is 0. The Labute approximate surface area is 98.6 Å². The molecule has 1 aromatic rings. The summed E-state index contributed by atoms with van der Waals surface area (Å²) in [5.74, 6) is -1.12. The SMILES string of the molecule is CCOC(=O)CC1CC1c1cc(F)cc(F)c1. The van der Waals surface area contributed by atoms with E-state index in [9.17, 15) is 13.6 Å². The monoisotopic (exact) mass is 240 g/mol. The molecule has 0 saturated heterocycles. The van der Waals surface area contributed by atoms with Gasteiger partial charge in [-0.15, -0.1) is 0 Å². The van der Waals surface area contributed by atoms with E-state index in [1.807, 2.05) is 0 Å². The largest absolute Gasteiger partial charge is 0.466 e. The normalized spacial score (nSPS) is 22.3. The zero-order chi connectivity index (χ0) is 12.4. The van der Waals surface area contributed by atoms with Crippen molar-refractivity contribution in [3.8, 4) is 0 Å². The van der Waals surface area contributed by atoms with Gasteiger partial charge in [0, 0.05) is 12.5 Å². The van der Waals surface area contributed by atoms with Gasteiger partial charge in [0.25, 0.3) is 0 Å². The molecule has 1 fully saturated rings. The molecule has 2 rings (SSSR count). The van der Waals surface area contributed by atoms with Crippen LogP contribution < -0.4 is 0 Å². The van der Waals surface area contributed by atoms with Gasteiger partial charge in [0.2, 0.25) is 0 Å². The van der Waals surface area contributed by atoms with E-state index in [0.717, 1.165) is 12.5 Å². The van der Waals surface area contributed by atoms with Crippen molar-refractivity contribution < 1.29 is 18.3 Å². The molecular weight excluding hydrogens is 226 g/mol. The highest BCUT2D eigenvalue weighted by molar-refractivity contribution is 5.70. The Morgan fingerprint density at radius 3 is 2.59 bits per heavy atom. The van der Waals surface area contributed by atoms with E-state index in [4.69, 9.17) is 4.74 Å². The molecule has 1 saturated carbocycles. The van der Waals surface area contributed by atoms with E-state index >= 15 is 0 Å². The van der Waals surface area contributed by atoms with Crippen molar-refractivity contribution in [2.45, 2.75) is 25.7 Å². The Bertz CT molecular complexity index is 411. The fraction of sp³-hybridized carbons (Fsp3) is 0.462. The van der Waals surface area contributed by atoms with Crippen molar-refractivity contribution in [3.63, 3.8) is 0 Å². The third-order valence-corrected chi connectivity index (χ3v) is 2.97. The Balaban J connectivity index is 1.96. The molecule has 0 amide bonds. The molecule has 4 heteroatoms. The number of halogens is 2. The number of carbonyl (C=O) groups is 1. The first-order valence-electron chi connectivity index (χ1n) is 5.71. The maximum absolute atomic E-state index is 13.0. The number of benzene rings is 1. The van der Waals surface area contributed by atoms with Crippen molar-refractivity contribution in [3.05, 3.63) is 35.4 Å². The highest BCUT2D eigenvalue weighted by Crippen LogP contribution is 2.49. The zero-order valence-corrected chi connectivity index (χ0v) is 9.58. The summed E-state index contributed by atoms with van der Waals surface area (Å²) in [5.41, 5.74) is 0.636. The van der Waals surface area contributed by atoms with E-state index in [2.05, 4.69) is 0 Å². The molecule has 0 aromatic heterocycles. The van der Waals surface area contributed by atoms with Gasteiger partial charge in [-0.05, 0) is 42.9 Å². The van der Waals surface area contributed by atoms with Crippen molar-refractivity contribution in [2.75, 3.05) is 6.61 Å². The highest BCUT2D eigenvalue weighted by atomic mass is 19.1. The van der Waals surface area contributed by atoms with E-state index in [0.29, 0.717) is 18.6 Å². The van der Waals surface area contributed by atoms with Gasteiger partial charge in [-0.25, -0.2) is 8.78 Å². The fourth-order valence-corrected chi connectivity index (χ4v) is 2.10. The quantitative estimate of drug-likeness (QED) is 0.756. The molecule has 0 bridgehead atoms. The van der Waals surface area contributed by atoms with E-state index in [-0.39, 0.29) is 17.8 Å². The van der Waals surface area contributed by atoms with Crippen molar-refractivity contribution in [2.24, 2.45) is 5.92 Å². The number of rotatable bonds is 4. The predicted octanol–water partition coefficient (Wildman–Crippen LogP) is 3.02. The maximum Gasteiger partial charge on any atom is 0.306 e. The predicted molar refractivity (Wildman–Crippen MR) is 58.5 cm³/mol. The number of carbonyl (C=O) groups excluding carboxylic acids is 1. The lowest BCUT2D eigenvalue weighted by Gasteiger charge is -2.02. The van der Waals surface area contributed by atoms with Gasteiger partial charge in [-0.1, -0.05) is 0 Å². The molecule has 2 unspecified atom stereocenters. The van der Waals surface area contributed by atoms with Crippen LogP contribution in [-0.2, 0) is 9.53 Å². The van der Waals surface area contributed by atoms with Gasteiger partial charge in [0.05, 0.1) is 6.61 Å². The third-order valence-electron chi connectivity index (χ3n) is 2.97. The summed E-state index contributed by atoms with van der Waals surface area (Å²) in [6.07, 6.45) is 1.12. The molecule has 2 nitrogen and oxygen atoms in total. The molecule has 0 radical (unpaired) electrons. The summed E-state index contributed by atoms with van der Waals surface area (Å²) >= 11 is 0. The van der Waals surface area contributed by atoms with Crippen molar-refractivity contribution >= 4 is 5.97 Å². The minimum atomic E-state index is -0.568. The van der Waals surface area contributed by atoms with Crippen LogP contribution in [0.5, 0.6) is 0 Å². The minimum Gasteiger partial charge on any atom is -0.466 e. The summed E-state index contributed by atoms with van der Waals surface area (Å²) in [5, 5.41) is 0. The van der Waals surface area contributed by atoms with E-state index in [1.54, 1.807) is 6.92 Å². The molecule has 2 atom stereocenters. The van der Waals surface area contributed by atoms with E-state index < -0.39 is 11.6 Å². The molecular formula is C13H14F2O2. The average Bonchev–Trinajstić information content (AvgIpc) is 2.95. The van der Waals surface area contributed by atoms with Crippen LogP contribution in [0, 0.1) is 17.6 Å². The zero-order valence-electron chi connectivity index (χ0n) is 9.58. The standard InChI is InChI=1S/C13H14F2O2/c1-2-17-13(16)6-9-5-12(9)8-3-10(14)7-11(15)4-8/h3-4,7,9,12H,2,5-6H2,1H3. The summed E-state index contributed by atoms with van der Waals surface area (Å²) < 4.78 is 30.8. The van der Waals surface area contributed by atoms with Gasteiger partial charge < -0.3 is 4.74 Å². The molecule has 17 heavy (non-hydrogen) atoms. The second kappa shape index (κ2) is 4.82. The van der Waals surface area contributed by atoms with Crippen LogP contribution in [0.15, 0.2) is 18.2 Å². The Morgan fingerprint density at radius 1 is 1.35 bits per heavy atom. The number of hydrogen-bond donors (Lipinski definition) is 0. The second-order valence-electron chi connectivity index (χ2n) is 4.31. The number of esters is 1. The van der Waals surface area contributed by atoms with Gasteiger partial charge in [0.15, 0.2) is 0 Å². The van der Waals surface area contributed by atoms with Gasteiger partial charge in [0.1, 0.15) is 11.6 Å². The Morgan fingerprint density at radius 2 is 2.00 bits per heavy atom. The van der Waals surface area contributed by atoms with E-state index in [1.165, 1.54) is 12.1 Å².